The number of benzene rings is 1. The van der Waals surface area contributed by atoms with Gasteiger partial charge < -0.3 is 15.1 Å². The summed E-state index contributed by atoms with van der Waals surface area (Å²) in [6.45, 7) is 3.60. The summed E-state index contributed by atoms with van der Waals surface area (Å²) in [7, 11) is 1.75. The van der Waals surface area contributed by atoms with Crippen molar-refractivity contribution < 1.29 is 9.59 Å². The summed E-state index contributed by atoms with van der Waals surface area (Å²) in [5.74, 6) is 0.577. The summed E-state index contributed by atoms with van der Waals surface area (Å²) in [4.78, 5) is 33.8. The van der Waals surface area contributed by atoms with E-state index in [-0.39, 0.29) is 17.9 Å². The number of hydrogen-bond acceptors (Lipinski definition) is 4. The molecule has 0 saturated carbocycles. The van der Waals surface area contributed by atoms with Gasteiger partial charge in [0.25, 0.3) is 5.91 Å². The molecule has 0 bridgehead atoms. The minimum atomic E-state index is -0.0831. The molecule has 1 fully saturated rings. The van der Waals surface area contributed by atoms with E-state index in [9.17, 15) is 9.59 Å². The van der Waals surface area contributed by atoms with E-state index >= 15 is 0 Å². The number of carbonyl (C=O) groups is 2. The molecule has 3 rings (SSSR count). The second kappa shape index (κ2) is 8.66. The van der Waals surface area contributed by atoms with E-state index in [1.807, 2.05) is 35.2 Å². The van der Waals surface area contributed by atoms with Crippen LogP contribution < -0.4 is 5.32 Å². The number of hydrogen-bond donors (Lipinski definition) is 1. The summed E-state index contributed by atoms with van der Waals surface area (Å²) in [5, 5.41) is 2.97. The average molecular weight is 366 g/mol. The van der Waals surface area contributed by atoms with Gasteiger partial charge >= 0.3 is 0 Å². The molecule has 142 valence electrons. The molecule has 6 nitrogen and oxygen atoms in total. The molecule has 2 aromatic rings. The zero-order chi connectivity index (χ0) is 19.2. The highest BCUT2D eigenvalue weighted by Gasteiger charge is 2.31. The quantitative estimate of drug-likeness (QED) is 0.884. The van der Waals surface area contributed by atoms with Crippen LogP contribution in [0.3, 0.4) is 0 Å². The second-order valence-electron chi connectivity index (χ2n) is 6.72. The average Bonchev–Trinajstić information content (AvgIpc) is 2.87. The van der Waals surface area contributed by atoms with Crippen molar-refractivity contribution in [1.29, 1.82) is 0 Å². The summed E-state index contributed by atoms with van der Waals surface area (Å²) < 4.78 is 0. The van der Waals surface area contributed by atoms with Gasteiger partial charge in [-0.15, -0.1) is 0 Å². The zero-order valence-electron chi connectivity index (χ0n) is 15.9. The van der Waals surface area contributed by atoms with Crippen LogP contribution in [0.25, 0.3) is 0 Å². The van der Waals surface area contributed by atoms with Crippen molar-refractivity contribution >= 4 is 17.6 Å². The van der Waals surface area contributed by atoms with Crippen LogP contribution in [-0.2, 0) is 11.3 Å². The Bertz CT molecular complexity index is 794. The summed E-state index contributed by atoms with van der Waals surface area (Å²) >= 11 is 0. The third-order valence-electron chi connectivity index (χ3n) is 5.02. The third kappa shape index (κ3) is 4.27. The Balaban J connectivity index is 1.81. The number of nitrogens with one attached hydrogen (secondary N) is 1. The smallest absolute Gasteiger partial charge is 0.257 e. The van der Waals surface area contributed by atoms with E-state index in [4.69, 9.17) is 0 Å². The van der Waals surface area contributed by atoms with Gasteiger partial charge in [-0.3, -0.25) is 9.59 Å². The van der Waals surface area contributed by atoms with Gasteiger partial charge in [-0.25, -0.2) is 4.98 Å². The third-order valence-corrected chi connectivity index (χ3v) is 5.02. The van der Waals surface area contributed by atoms with Gasteiger partial charge in [0.05, 0.1) is 5.56 Å². The Morgan fingerprint density at radius 3 is 2.70 bits per heavy atom. The van der Waals surface area contributed by atoms with E-state index in [1.165, 1.54) is 0 Å². The fourth-order valence-electron chi connectivity index (χ4n) is 3.50. The largest absolute Gasteiger partial charge is 0.372 e. The molecule has 0 spiro atoms. The van der Waals surface area contributed by atoms with E-state index in [1.54, 1.807) is 30.3 Å². The molecule has 0 radical (unpaired) electrons. The van der Waals surface area contributed by atoms with Crippen molar-refractivity contribution in [1.82, 2.24) is 14.8 Å². The van der Waals surface area contributed by atoms with Crippen molar-refractivity contribution in [3.8, 4) is 0 Å². The van der Waals surface area contributed by atoms with Crippen molar-refractivity contribution in [2.75, 3.05) is 25.5 Å². The molecular formula is C21H26N4O2. The highest BCUT2D eigenvalue weighted by atomic mass is 16.2. The van der Waals surface area contributed by atoms with Crippen LogP contribution in [0.15, 0.2) is 48.7 Å². The maximum atomic E-state index is 13.1. The lowest BCUT2D eigenvalue weighted by atomic mass is 10.1. The molecule has 1 unspecified atom stereocenters. The molecule has 1 saturated heterocycles. The van der Waals surface area contributed by atoms with Crippen LogP contribution in [0.2, 0.25) is 0 Å². The maximum Gasteiger partial charge on any atom is 0.257 e. The molecule has 0 aliphatic carbocycles. The van der Waals surface area contributed by atoms with Crippen molar-refractivity contribution in [3.05, 3.63) is 59.8 Å². The standard InChI is InChI=1S/C21H26N4O2/c1-3-17-15-24(21(27)18-10-7-12-23-20(18)22-2)13-11-19(26)25(17)14-16-8-5-4-6-9-16/h4-10,12,17H,3,11,13-15H2,1-2H3,(H,22,23). The van der Waals surface area contributed by atoms with Gasteiger partial charge in [0.15, 0.2) is 0 Å². The number of carbonyl (C=O) groups excluding carboxylic acids is 2. The first-order valence-electron chi connectivity index (χ1n) is 9.39. The predicted molar refractivity (Wildman–Crippen MR) is 105 cm³/mol. The molecule has 2 amide bonds. The minimum Gasteiger partial charge on any atom is -0.372 e. The van der Waals surface area contributed by atoms with Crippen LogP contribution in [0.4, 0.5) is 5.82 Å². The monoisotopic (exact) mass is 366 g/mol. The highest BCUT2D eigenvalue weighted by Crippen LogP contribution is 2.21. The summed E-state index contributed by atoms with van der Waals surface area (Å²) in [5.41, 5.74) is 1.65. The Morgan fingerprint density at radius 1 is 1.22 bits per heavy atom. The van der Waals surface area contributed by atoms with E-state index < -0.39 is 0 Å². The molecule has 27 heavy (non-hydrogen) atoms. The Morgan fingerprint density at radius 2 is 2.00 bits per heavy atom. The van der Waals surface area contributed by atoms with Gasteiger partial charge in [0.1, 0.15) is 5.82 Å². The first-order valence-corrected chi connectivity index (χ1v) is 9.39. The van der Waals surface area contributed by atoms with Crippen LogP contribution in [0.5, 0.6) is 0 Å². The van der Waals surface area contributed by atoms with E-state index in [2.05, 4.69) is 17.2 Å². The Kier molecular flexibility index (Phi) is 6.06. The minimum absolute atomic E-state index is 0.00105. The van der Waals surface area contributed by atoms with Crippen molar-refractivity contribution in [3.63, 3.8) is 0 Å². The molecular weight excluding hydrogens is 340 g/mol. The first-order chi connectivity index (χ1) is 13.1. The van der Waals surface area contributed by atoms with Crippen LogP contribution in [0.1, 0.15) is 35.7 Å². The van der Waals surface area contributed by atoms with Crippen LogP contribution in [-0.4, -0.2) is 52.8 Å². The topological polar surface area (TPSA) is 65.5 Å². The van der Waals surface area contributed by atoms with Crippen LogP contribution in [0, 0.1) is 0 Å². The van der Waals surface area contributed by atoms with Crippen molar-refractivity contribution in [2.24, 2.45) is 0 Å². The van der Waals surface area contributed by atoms with E-state index in [0.717, 1.165) is 12.0 Å². The number of amides is 2. The molecule has 1 atom stereocenters. The fraction of sp³-hybridized carbons (Fsp3) is 0.381. The Hall–Kier alpha value is -2.89. The lowest BCUT2D eigenvalue weighted by Crippen LogP contribution is -2.43. The Labute approximate surface area is 160 Å². The molecule has 1 aliphatic heterocycles. The number of aromatic nitrogens is 1. The zero-order valence-corrected chi connectivity index (χ0v) is 15.9. The number of anilines is 1. The molecule has 1 aromatic heterocycles. The maximum absolute atomic E-state index is 13.1. The second-order valence-corrected chi connectivity index (χ2v) is 6.72. The van der Waals surface area contributed by atoms with Crippen LogP contribution >= 0.6 is 0 Å². The lowest BCUT2D eigenvalue weighted by Gasteiger charge is -2.31. The SMILES string of the molecule is CCC1CN(C(=O)c2cccnc2NC)CCC(=O)N1Cc1ccccc1. The van der Waals surface area contributed by atoms with Gasteiger partial charge in [0, 0.05) is 45.3 Å². The van der Waals surface area contributed by atoms with Crippen molar-refractivity contribution in [2.45, 2.75) is 32.4 Å². The van der Waals surface area contributed by atoms with E-state index in [0.29, 0.717) is 37.4 Å². The number of rotatable bonds is 5. The lowest BCUT2D eigenvalue weighted by molar-refractivity contribution is -0.133. The first kappa shape index (κ1) is 18.9. The number of pyridine rings is 1. The van der Waals surface area contributed by atoms with Gasteiger partial charge in [-0.05, 0) is 24.1 Å². The summed E-state index contributed by atoms with van der Waals surface area (Å²) in [6.07, 6.45) is 2.80. The predicted octanol–water partition coefficient (Wildman–Crippen LogP) is 2.78. The number of nitrogens with zero attached hydrogens (tertiary/aromatic N) is 3. The molecule has 1 aromatic carbocycles. The molecule has 6 heteroatoms. The summed E-state index contributed by atoms with van der Waals surface area (Å²) in [6, 6.07) is 13.5. The van der Waals surface area contributed by atoms with Gasteiger partial charge in [-0.1, -0.05) is 37.3 Å². The van der Waals surface area contributed by atoms with Gasteiger partial charge in [-0.2, -0.15) is 0 Å². The fourth-order valence-corrected chi connectivity index (χ4v) is 3.50. The highest BCUT2D eigenvalue weighted by molar-refractivity contribution is 5.99. The molecule has 1 N–H and O–H groups in total. The molecule has 1 aliphatic rings. The normalized spacial score (nSPS) is 17.6. The van der Waals surface area contributed by atoms with Gasteiger partial charge in [0.2, 0.25) is 5.91 Å². The molecule has 2 heterocycles.